The highest BCUT2D eigenvalue weighted by atomic mass is 35.5. The first-order valence-corrected chi connectivity index (χ1v) is 12.6. The molecule has 1 amide bonds. The van der Waals surface area contributed by atoms with E-state index in [-0.39, 0.29) is 11.4 Å². The Bertz CT molecular complexity index is 1300. The fourth-order valence-corrected chi connectivity index (χ4v) is 4.85. The molecule has 3 aromatic carbocycles. The minimum Gasteiger partial charge on any atom is -0.490 e. The summed E-state index contributed by atoms with van der Waals surface area (Å²) in [7, 11) is -4.00. The molecular weight excluding hydrogens is 509 g/mol. The highest BCUT2D eigenvalue weighted by Gasteiger charge is 2.27. The second-order valence-corrected chi connectivity index (χ2v) is 10.1. The lowest BCUT2D eigenvalue weighted by molar-refractivity contribution is -0.121. The largest absolute Gasteiger partial charge is 0.490 e. The molecule has 0 spiro atoms. The number of benzene rings is 3. The molecule has 3 rings (SSSR count). The lowest BCUT2D eigenvalue weighted by Crippen LogP contribution is -2.39. The summed E-state index contributed by atoms with van der Waals surface area (Å²) in [5, 5.41) is 4.65. The van der Waals surface area contributed by atoms with Gasteiger partial charge in [0.25, 0.3) is 5.91 Å². The molecular formula is C25H23Cl2N3O4S. The van der Waals surface area contributed by atoms with Crippen molar-refractivity contribution in [3.8, 4) is 5.75 Å². The van der Waals surface area contributed by atoms with E-state index in [0.717, 1.165) is 9.87 Å². The lowest BCUT2D eigenvalue weighted by Gasteiger charge is -2.22. The van der Waals surface area contributed by atoms with Gasteiger partial charge in [-0.15, -0.1) is 0 Å². The zero-order valence-electron chi connectivity index (χ0n) is 18.6. The van der Waals surface area contributed by atoms with Crippen LogP contribution in [-0.4, -0.2) is 38.0 Å². The molecule has 0 saturated carbocycles. The molecule has 10 heteroatoms. The van der Waals surface area contributed by atoms with Gasteiger partial charge in [-0.3, -0.25) is 4.79 Å². The van der Waals surface area contributed by atoms with Crippen LogP contribution in [0.2, 0.25) is 10.0 Å². The highest BCUT2D eigenvalue weighted by Crippen LogP contribution is 2.25. The Morgan fingerprint density at radius 2 is 1.77 bits per heavy atom. The highest BCUT2D eigenvalue weighted by molar-refractivity contribution is 7.89. The second kappa shape index (κ2) is 12.5. The third-order valence-electron chi connectivity index (χ3n) is 4.71. The number of ether oxygens (including phenoxy) is 1. The second-order valence-electron chi connectivity index (χ2n) is 7.28. The van der Waals surface area contributed by atoms with Gasteiger partial charge in [-0.1, -0.05) is 60.1 Å². The molecule has 0 atom stereocenters. The number of sulfonamides is 1. The molecule has 1 N–H and O–H groups in total. The standard InChI is InChI=1S/C25H23Cl2N3O4S/c1-2-14-34-22-12-8-19(9-13-22)16-28-29-25(31)18-30(17-20-10-11-21(26)15-24(20)27)35(32,33)23-6-4-3-5-7-23/h2-13,15-16H,1,14,17-18H2,(H,29,31)/b28-16-. The molecule has 3 aromatic rings. The third-order valence-corrected chi connectivity index (χ3v) is 7.11. The Kier molecular flexibility index (Phi) is 9.45. The molecule has 7 nitrogen and oxygen atoms in total. The van der Waals surface area contributed by atoms with Gasteiger partial charge in [0.2, 0.25) is 10.0 Å². The van der Waals surface area contributed by atoms with Gasteiger partial charge in [0.05, 0.1) is 17.7 Å². The summed E-state index contributed by atoms with van der Waals surface area (Å²) in [6.07, 6.45) is 3.09. The summed E-state index contributed by atoms with van der Waals surface area (Å²) in [5.74, 6) is 0.0606. The summed E-state index contributed by atoms with van der Waals surface area (Å²) in [6, 6.07) is 19.7. The van der Waals surface area contributed by atoms with Gasteiger partial charge in [0.15, 0.2) is 0 Å². The van der Waals surface area contributed by atoms with Crippen molar-refractivity contribution in [1.29, 1.82) is 0 Å². The molecule has 0 aliphatic carbocycles. The number of carbonyl (C=O) groups excluding carboxylic acids is 1. The Hall–Kier alpha value is -3.17. The van der Waals surface area contributed by atoms with Gasteiger partial charge >= 0.3 is 0 Å². The van der Waals surface area contributed by atoms with E-state index in [1.807, 2.05) is 0 Å². The van der Waals surface area contributed by atoms with Crippen LogP contribution in [0.25, 0.3) is 0 Å². The fourth-order valence-electron chi connectivity index (χ4n) is 2.99. The number of hydrogen-bond acceptors (Lipinski definition) is 5. The van der Waals surface area contributed by atoms with Crippen molar-refractivity contribution >= 4 is 45.3 Å². The van der Waals surface area contributed by atoms with E-state index in [4.69, 9.17) is 27.9 Å². The van der Waals surface area contributed by atoms with Crippen LogP contribution in [-0.2, 0) is 21.4 Å². The summed E-state index contributed by atoms with van der Waals surface area (Å²) in [5.41, 5.74) is 3.59. The van der Waals surface area contributed by atoms with Gasteiger partial charge < -0.3 is 4.74 Å². The minimum atomic E-state index is -4.00. The molecule has 0 heterocycles. The van der Waals surface area contributed by atoms with E-state index in [0.29, 0.717) is 28.0 Å². The van der Waals surface area contributed by atoms with Crippen molar-refractivity contribution in [3.63, 3.8) is 0 Å². The molecule has 182 valence electrons. The number of amides is 1. The monoisotopic (exact) mass is 531 g/mol. The first-order chi connectivity index (χ1) is 16.8. The van der Waals surface area contributed by atoms with Crippen LogP contribution in [0.5, 0.6) is 5.75 Å². The van der Waals surface area contributed by atoms with Crippen molar-refractivity contribution in [1.82, 2.24) is 9.73 Å². The zero-order chi connectivity index (χ0) is 25.3. The van der Waals surface area contributed by atoms with Crippen LogP contribution in [0.4, 0.5) is 0 Å². The first kappa shape index (κ1) is 26.4. The van der Waals surface area contributed by atoms with Gasteiger partial charge in [-0.25, -0.2) is 13.8 Å². The molecule has 0 aromatic heterocycles. The van der Waals surface area contributed by atoms with Crippen LogP contribution in [0.15, 0.2) is 95.4 Å². The average Bonchev–Trinajstić information content (AvgIpc) is 2.85. The van der Waals surface area contributed by atoms with Crippen molar-refractivity contribution in [2.24, 2.45) is 5.10 Å². The van der Waals surface area contributed by atoms with Crippen molar-refractivity contribution in [2.75, 3.05) is 13.2 Å². The number of rotatable bonds is 11. The Balaban J connectivity index is 1.73. The predicted octanol–water partition coefficient (Wildman–Crippen LogP) is 4.90. The van der Waals surface area contributed by atoms with Gasteiger partial charge in [0.1, 0.15) is 12.4 Å². The Labute approximate surface area is 214 Å². The van der Waals surface area contributed by atoms with Gasteiger partial charge in [0, 0.05) is 16.6 Å². The van der Waals surface area contributed by atoms with Gasteiger partial charge in [-0.05, 0) is 59.7 Å². The predicted molar refractivity (Wildman–Crippen MR) is 138 cm³/mol. The first-order valence-electron chi connectivity index (χ1n) is 10.4. The molecule has 0 saturated heterocycles. The maximum absolute atomic E-state index is 13.3. The van der Waals surface area contributed by atoms with Gasteiger partial charge in [-0.2, -0.15) is 9.41 Å². The summed E-state index contributed by atoms with van der Waals surface area (Å²) in [4.78, 5) is 12.7. The zero-order valence-corrected chi connectivity index (χ0v) is 20.9. The Morgan fingerprint density at radius 3 is 2.43 bits per heavy atom. The third kappa shape index (κ3) is 7.66. The maximum Gasteiger partial charge on any atom is 0.255 e. The SMILES string of the molecule is C=CCOc1ccc(/C=N\NC(=O)CN(Cc2ccc(Cl)cc2Cl)S(=O)(=O)c2ccccc2)cc1. The normalized spacial score (nSPS) is 11.5. The van der Waals surface area contributed by atoms with Crippen molar-refractivity contribution < 1.29 is 17.9 Å². The smallest absolute Gasteiger partial charge is 0.255 e. The van der Waals surface area contributed by atoms with Crippen molar-refractivity contribution in [2.45, 2.75) is 11.4 Å². The van der Waals surface area contributed by atoms with E-state index in [1.54, 1.807) is 60.7 Å². The molecule has 0 bridgehead atoms. The lowest BCUT2D eigenvalue weighted by atomic mass is 10.2. The van der Waals surface area contributed by atoms with E-state index in [2.05, 4.69) is 17.1 Å². The number of halogens is 2. The van der Waals surface area contributed by atoms with E-state index in [1.165, 1.54) is 24.4 Å². The molecule has 0 unspecified atom stereocenters. The average molecular weight is 532 g/mol. The van der Waals surface area contributed by atoms with Crippen LogP contribution in [0, 0.1) is 0 Å². The summed E-state index contributed by atoms with van der Waals surface area (Å²) in [6.45, 7) is 3.39. The van der Waals surface area contributed by atoms with Crippen LogP contribution in [0.1, 0.15) is 11.1 Å². The van der Waals surface area contributed by atoms with E-state index >= 15 is 0 Å². The molecule has 0 aliphatic rings. The van der Waals surface area contributed by atoms with Crippen molar-refractivity contribution in [3.05, 3.63) is 107 Å². The molecule has 0 aliphatic heterocycles. The van der Waals surface area contributed by atoms with Crippen LogP contribution < -0.4 is 10.2 Å². The molecule has 0 radical (unpaired) electrons. The number of nitrogens with zero attached hydrogens (tertiary/aromatic N) is 2. The Morgan fingerprint density at radius 1 is 1.06 bits per heavy atom. The van der Waals surface area contributed by atoms with Crippen LogP contribution in [0.3, 0.4) is 0 Å². The fraction of sp³-hybridized carbons (Fsp3) is 0.120. The summed E-state index contributed by atoms with van der Waals surface area (Å²) < 4.78 is 33.0. The maximum atomic E-state index is 13.3. The van der Waals surface area contributed by atoms with Crippen LogP contribution >= 0.6 is 23.2 Å². The molecule has 35 heavy (non-hydrogen) atoms. The summed E-state index contributed by atoms with van der Waals surface area (Å²) >= 11 is 12.2. The number of nitrogens with one attached hydrogen (secondary N) is 1. The van der Waals surface area contributed by atoms with E-state index in [9.17, 15) is 13.2 Å². The quantitative estimate of drug-likeness (QED) is 0.216. The molecule has 0 fully saturated rings. The number of hydrazone groups is 1. The van der Waals surface area contributed by atoms with E-state index < -0.39 is 22.5 Å². The number of carbonyl (C=O) groups is 1. The number of hydrogen-bond donors (Lipinski definition) is 1. The minimum absolute atomic E-state index is 0.0557. The topological polar surface area (TPSA) is 88.1 Å².